The van der Waals surface area contributed by atoms with E-state index in [1.54, 1.807) is 0 Å². The number of hydrogen-bond donors (Lipinski definition) is 2. The van der Waals surface area contributed by atoms with E-state index in [0.717, 1.165) is 24.7 Å². The van der Waals surface area contributed by atoms with Gasteiger partial charge in [0.05, 0.1) is 0 Å². The number of H-pyrrole nitrogens is 1. The van der Waals surface area contributed by atoms with E-state index in [0.29, 0.717) is 5.92 Å². The number of hydrogen-bond acceptors (Lipinski definition) is 2. The number of nitrogens with zero attached hydrogens (tertiary/aromatic N) is 1. The molecule has 0 amide bonds. The van der Waals surface area contributed by atoms with Gasteiger partial charge in [-0.05, 0) is 25.3 Å². The summed E-state index contributed by atoms with van der Waals surface area (Å²) in [6, 6.07) is 0. The van der Waals surface area contributed by atoms with Gasteiger partial charge in [-0.1, -0.05) is 13.3 Å². The molecule has 1 atom stereocenters. The lowest BCUT2D eigenvalue weighted by Crippen LogP contribution is -2.14. The number of aromatic amines is 1. The highest BCUT2D eigenvalue weighted by Gasteiger charge is 2.21. The van der Waals surface area contributed by atoms with Gasteiger partial charge in [0.25, 0.3) is 0 Å². The molecule has 0 bridgehead atoms. The van der Waals surface area contributed by atoms with Gasteiger partial charge in [0.1, 0.15) is 5.82 Å². The zero-order valence-electron chi connectivity index (χ0n) is 8.79. The average Bonchev–Trinajstić information content (AvgIpc) is 2.50. The molecule has 78 valence electrons. The van der Waals surface area contributed by atoms with Gasteiger partial charge >= 0.3 is 0 Å². The standard InChI is InChI=1S/C11H19N3/c1-8(6-12)5-11-13-7-10(14-11)9-3-2-4-9/h7-9H,2-6,12H2,1H3,(H,13,14). The monoisotopic (exact) mass is 193 g/mol. The van der Waals surface area contributed by atoms with Crippen molar-refractivity contribution in [3.8, 4) is 0 Å². The lowest BCUT2D eigenvalue weighted by Gasteiger charge is -2.23. The molecule has 3 heteroatoms. The lowest BCUT2D eigenvalue weighted by atomic mass is 9.83. The van der Waals surface area contributed by atoms with Crippen LogP contribution in [0.15, 0.2) is 6.20 Å². The fraction of sp³-hybridized carbons (Fsp3) is 0.727. The van der Waals surface area contributed by atoms with Gasteiger partial charge in [-0.3, -0.25) is 0 Å². The lowest BCUT2D eigenvalue weighted by molar-refractivity contribution is 0.411. The second kappa shape index (κ2) is 4.13. The minimum Gasteiger partial charge on any atom is -0.346 e. The van der Waals surface area contributed by atoms with Crippen molar-refractivity contribution in [3.63, 3.8) is 0 Å². The molecule has 1 aliphatic carbocycles. The Kier molecular flexibility index (Phi) is 2.87. The molecular weight excluding hydrogens is 174 g/mol. The van der Waals surface area contributed by atoms with E-state index in [1.807, 2.05) is 6.20 Å². The summed E-state index contributed by atoms with van der Waals surface area (Å²) in [6.07, 6.45) is 7.01. The van der Waals surface area contributed by atoms with Crippen molar-refractivity contribution in [2.24, 2.45) is 11.7 Å². The van der Waals surface area contributed by atoms with E-state index in [4.69, 9.17) is 5.73 Å². The van der Waals surface area contributed by atoms with E-state index in [2.05, 4.69) is 16.9 Å². The summed E-state index contributed by atoms with van der Waals surface area (Å²) in [7, 11) is 0. The van der Waals surface area contributed by atoms with Crippen LogP contribution < -0.4 is 5.73 Å². The van der Waals surface area contributed by atoms with E-state index >= 15 is 0 Å². The van der Waals surface area contributed by atoms with Crippen molar-refractivity contribution < 1.29 is 0 Å². The Hall–Kier alpha value is -0.830. The predicted octanol–water partition coefficient (Wildman–Crippen LogP) is 1.81. The van der Waals surface area contributed by atoms with Gasteiger partial charge < -0.3 is 10.7 Å². The maximum Gasteiger partial charge on any atom is 0.106 e. The Balaban J connectivity index is 1.95. The molecule has 1 saturated carbocycles. The van der Waals surface area contributed by atoms with Crippen LogP contribution in [0.2, 0.25) is 0 Å². The molecule has 3 N–H and O–H groups in total. The number of imidazole rings is 1. The van der Waals surface area contributed by atoms with Crippen molar-refractivity contribution in [2.75, 3.05) is 6.54 Å². The van der Waals surface area contributed by atoms with Crippen LogP contribution in [0.3, 0.4) is 0 Å². The predicted molar refractivity (Wildman–Crippen MR) is 57.1 cm³/mol. The molecule has 0 aliphatic heterocycles. The van der Waals surface area contributed by atoms with Gasteiger partial charge in [0, 0.05) is 24.2 Å². The number of nitrogens with one attached hydrogen (secondary N) is 1. The molecule has 1 unspecified atom stereocenters. The first kappa shape index (κ1) is 9.71. The summed E-state index contributed by atoms with van der Waals surface area (Å²) in [4.78, 5) is 7.81. The summed E-state index contributed by atoms with van der Waals surface area (Å²) in [5, 5.41) is 0. The van der Waals surface area contributed by atoms with E-state index < -0.39 is 0 Å². The smallest absolute Gasteiger partial charge is 0.106 e. The third kappa shape index (κ3) is 1.98. The van der Waals surface area contributed by atoms with Crippen molar-refractivity contribution in [1.82, 2.24) is 9.97 Å². The first-order chi connectivity index (χ1) is 6.79. The summed E-state index contributed by atoms with van der Waals surface area (Å²) in [5.74, 6) is 2.38. The quantitative estimate of drug-likeness (QED) is 0.766. The minimum absolute atomic E-state index is 0.524. The molecular formula is C11H19N3. The van der Waals surface area contributed by atoms with E-state index in [9.17, 15) is 0 Å². The summed E-state index contributed by atoms with van der Waals surface area (Å²) < 4.78 is 0. The molecule has 1 aliphatic rings. The average molecular weight is 193 g/mol. The van der Waals surface area contributed by atoms with Gasteiger partial charge in [-0.15, -0.1) is 0 Å². The SMILES string of the molecule is CC(CN)Cc1ncc(C2CCC2)[nH]1. The second-order valence-electron chi connectivity index (χ2n) is 4.46. The maximum absolute atomic E-state index is 5.58. The Bertz CT molecular complexity index is 288. The third-order valence-corrected chi connectivity index (χ3v) is 3.14. The van der Waals surface area contributed by atoms with Crippen LogP contribution in [0.4, 0.5) is 0 Å². The van der Waals surface area contributed by atoms with E-state index in [1.165, 1.54) is 25.0 Å². The van der Waals surface area contributed by atoms with Crippen LogP contribution in [0.25, 0.3) is 0 Å². The molecule has 1 aromatic heterocycles. The molecule has 1 heterocycles. The first-order valence-electron chi connectivity index (χ1n) is 5.53. The van der Waals surface area contributed by atoms with Crippen LogP contribution in [-0.2, 0) is 6.42 Å². The van der Waals surface area contributed by atoms with Gasteiger partial charge in [-0.2, -0.15) is 0 Å². The molecule has 2 rings (SSSR count). The first-order valence-corrected chi connectivity index (χ1v) is 5.53. The largest absolute Gasteiger partial charge is 0.346 e. The molecule has 0 aromatic carbocycles. The number of aromatic nitrogens is 2. The van der Waals surface area contributed by atoms with Crippen LogP contribution in [0.1, 0.15) is 43.6 Å². The zero-order chi connectivity index (χ0) is 9.97. The van der Waals surface area contributed by atoms with Gasteiger partial charge in [0.15, 0.2) is 0 Å². The van der Waals surface area contributed by atoms with Crippen LogP contribution >= 0.6 is 0 Å². The van der Waals surface area contributed by atoms with Crippen molar-refractivity contribution in [2.45, 2.75) is 38.5 Å². The highest BCUT2D eigenvalue weighted by Crippen LogP contribution is 2.35. The normalized spacial score (nSPS) is 19.3. The summed E-state index contributed by atoms with van der Waals surface area (Å²) in [5.41, 5.74) is 6.91. The minimum atomic E-state index is 0.524. The molecule has 1 aromatic rings. The highest BCUT2D eigenvalue weighted by atomic mass is 14.9. The van der Waals surface area contributed by atoms with Gasteiger partial charge in [0.2, 0.25) is 0 Å². The zero-order valence-corrected chi connectivity index (χ0v) is 8.79. The highest BCUT2D eigenvalue weighted by molar-refractivity contribution is 5.10. The van der Waals surface area contributed by atoms with Crippen molar-refractivity contribution in [3.05, 3.63) is 17.7 Å². The third-order valence-electron chi connectivity index (χ3n) is 3.14. The van der Waals surface area contributed by atoms with Crippen LogP contribution in [0.5, 0.6) is 0 Å². The molecule has 1 fully saturated rings. The topological polar surface area (TPSA) is 54.7 Å². The van der Waals surface area contributed by atoms with Gasteiger partial charge in [-0.25, -0.2) is 4.98 Å². The Morgan fingerprint density at radius 1 is 1.64 bits per heavy atom. The summed E-state index contributed by atoms with van der Waals surface area (Å²) in [6.45, 7) is 2.89. The molecule has 3 nitrogen and oxygen atoms in total. The van der Waals surface area contributed by atoms with Crippen molar-refractivity contribution >= 4 is 0 Å². The molecule has 14 heavy (non-hydrogen) atoms. The fourth-order valence-corrected chi connectivity index (χ4v) is 1.82. The fourth-order valence-electron chi connectivity index (χ4n) is 1.82. The van der Waals surface area contributed by atoms with E-state index in [-0.39, 0.29) is 0 Å². The number of nitrogens with two attached hydrogens (primary N) is 1. The molecule has 0 saturated heterocycles. The van der Waals surface area contributed by atoms with Crippen LogP contribution in [-0.4, -0.2) is 16.5 Å². The molecule has 0 radical (unpaired) electrons. The Labute approximate surface area is 85.1 Å². The molecule has 0 spiro atoms. The Morgan fingerprint density at radius 3 is 3.00 bits per heavy atom. The number of rotatable bonds is 4. The van der Waals surface area contributed by atoms with Crippen LogP contribution in [0, 0.1) is 5.92 Å². The Morgan fingerprint density at radius 2 is 2.43 bits per heavy atom. The maximum atomic E-state index is 5.58. The second-order valence-corrected chi connectivity index (χ2v) is 4.46. The summed E-state index contributed by atoms with van der Waals surface area (Å²) >= 11 is 0. The van der Waals surface area contributed by atoms with Crippen molar-refractivity contribution in [1.29, 1.82) is 0 Å².